The lowest BCUT2D eigenvalue weighted by Gasteiger charge is -2.13. The first-order chi connectivity index (χ1) is 9.31. The fourth-order valence-corrected chi connectivity index (χ4v) is 3.46. The number of aryl methyl sites for hydroxylation is 2. The van der Waals surface area contributed by atoms with Crippen molar-refractivity contribution >= 4 is 21.4 Å². The van der Waals surface area contributed by atoms with Crippen LogP contribution >= 0.6 is 0 Å². The van der Waals surface area contributed by atoms with Crippen LogP contribution in [0, 0.1) is 20.8 Å². The Kier molecular flexibility index (Phi) is 3.72. The maximum Gasteiger partial charge on any atom is 0.262 e. The van der Waals surface area contributed by atoms with Crippen LogP contribution in [0.3, 0.4) is 0 Å². The Morgan fingerprint density at radius 1 is 1.05 bits per heavy atom. The number of nitrogen functional groups attached to an aromatic ring is 1. The lowest BCUT2D eigenvalue weighted by atomic mass is 10.1. The van der Waals surface area contributed by atoms with E-state index in [9.17, 15) is 8.42 Å². The van der Waals surface area contributed by atoms with Crippen LogP contribution in [-0.2, 0) is 10.0 Å². The van der Waals surface area contributed by atoms with E-state index in [0.29, 0.717) is 16.9 Å². The van der Waals surface area contributed by atoms with Crippen LogP contribution in [0.25, 0.3) is 0 Å². The highest BCUT2D eigenvalue weighted by Crippen LogP contribution is 2.24. The molecule has 2 aromatic rings. The van der Waals surface area contributed by atoms with E-state index in [-0.39, 0.29) is 4.90 Å². The zero-order chi connectivity index (χ0) is 14.9. The van der Waals surface area contributed by atoms with Crippen molar-refractivity contribution in [1.82, 2.24) is 0 Å². The molecule has 0 fully saturated rings. The Hall–Kier alpha value is -2.01. The summed E-state index contributed by atoms with van der Waals surface area (Å²) in [5.41, 5.74) is 9.35. The van der Waals surface area contributed by atoms with Gasteiger partial charge in [-0.05, 0) is 50.1 Å². The van der Waals surface area contributed by atoms with Gasteiger partial charge in [0.2, 0.25) is 0 Å². The van der Waals surface area contributed by atoms with Gasteiger partial charge in [-0.25, -0.2) is 8.42 Å². The second-order valence-electron chi connectivity index (χ2n) is 4.89. The van der Waals surface area contributed by atoms with E-state index < -0.39 is 10.0 Å². The standard InChI is InChI=1S/C15H18N2O2S/c1-10-7-8-14(11(2)9-10)17-20(18,19)15-6-4-5-13(16)12(15)3/h4-9,17H,16H2,1-3H3. The molecule has 0 aliphatic rings. The zero-order valence-electron chi connectivity index (χ0n) is 11.8. The Bertz CT molecular complexity index is 752. The molecule has 0 saturated carbocycles. The monoisotopic (exact) mass is 290 g/mol. The summed E-state index contributed by atoms with van der Waals surface area (Å²) in [6.45, 7) is 5.54. The maximum absolute atomic E-state index is 12.4. The highest BCUT2D eigenvalue weighted by molar-refractivity contribution is 7.92. The van der Waals surface area contributed by atoms with Crippen molar-refractivity contribution in [2.45, 2.75) is 25.7 Å². The Morgan fingerprint density at radius 3 is 2.40 bits per heavy atom. The van der Waals surface area contributed by atoms with Gasteiger partial charge in [0.25, 0.3) is 10.0 Å². The molecule has 0 radical (unpaired) electrons. The average Bonchev–Trinajstić information content (AvgIpc) is 2.36. The highest BCUT2D eigenvalue weighted by Gasteiger charge is 2.18. The number of hydrogen-bond donors (Lipinski definition) is 2. The third kappa shape index (κ3) is 2.77. The molecule has 0 bridgehead atoms. The third-order valence-corrected chi connectivity index (χ3v) is 4.75. The quantitative estimate of drug-likeness (QED) is 0.854. The van der Waals surface area contributed by atoms with Gasteiger partial charge in [-0.1, -0.05) is 23.8 Å². The van der Waals surface area contributed by atoms with Gasteiger partial charge in [0.1, 0.15) is 0 Å². The summed E-state index contributed by atoms with van der Waals surface area (Å²) in [7, 11) is -3.63. The second-order valence-corrected chi connectivity index (χ2v) is 6.55. The number of nitrogens with two attached hydrogens (primary N) is 1. The molecule has 106 valence electrons. The van der Waals surface area contributed by atoms with Crippen molar-refractivity contribution in [3.05, 3.63) is 53.1 Å². The molecule has 0 spiro atoms. The Morgan fingerprint density at radius 2 is 1.75 bits per heavy atom. The first kappa shape index (κ1) is 14.4. The second kappa shape index (κ2) is 5.17. The molecule has 0 aliphatic heterocycles. The maximum atomic E-state index is 12.4. The molecule has 20 heavy (non-hydrogen) atoms. The summed E-state index contributed by atoms with van der Waals surface area (Å²) in [5.74, 6) is 0. The topological polar surface area (TPSA) is 72.2 Å². The SMILES string of the molecule is Cc1ccc(NS(=O)(=O)c2cccc(N)c2C)c(C)c1. The van der Waals surface area contributed by atoms with Crippen molar-refractivity contribution in [2.24, 2.45) is 0 Å². The molecular formula is C15H18N2O2S. The molecule has 0 unspecified atom stereocenters. The van der Waals surface area contributed by atoms with Crippen molar-refractivity contribution in [2.75, 3.05) is 10.5 Å². The van der Waals surface area contributed by atoms with Gasteiger partial charge in [-0.15, -0.1) is 0 Å². The van der Waals surface area contributed by atoms with Gasteiger partial charge in [0.05, 0.1) is 10.6 Å². The van der Waals surface area contributed by atoms with Crippen LogP contribution in [0.5, 0.6) is 0 Å². The van der Waals surface area contributed by atoms with E-state index in [1.807, 2.05) is 26.0 Å². The Balaban J connectivity index is 2.44. The molecule has 3 N–H and O–H groups in total. The molecule has 5 heteroatoms. The predicted molar refractivity (Wildman–Crippen MR) is 82.3 cm³/mol. The van der Waals surface area contributed by atoms with Gasteiger partial charge < -0.3 is 5.73 Å². The first-order valence-corrected chi connectivity index (χ1v) is 7.75. The fraction of sp³-hybridized carbons (Fsp3) is 0.200. The normalized spacial score (nSPS) is 11.3. The van der Waals surface area contributed by atoms with Crippen LogP contribution in [0.15, 0.2) is 41.3 Å². The number of rotatable bonds is 3. The molecular weight excluding hydrogens is 272 g/mol. The van der Waals surface area contributed by atoms with Gasteiger partial charge in [0, 0.05) is 5.69 Å². The van der Waals surface area contributed by atoms with Crippen molar-refractivity contribution in [3.63, 3.8) is 0 Å². The van der Waals surface area contributed by atoms with Gasteiger partial charge in [0.15, 0.2) is 0 Å². The third-order valence-electron chi connectivity index (χ3n) is 3.24. The lowest BCUT2D eigenvalue weighted by Crippen LogP contribution is -2.15. The van der Waals surface area contributed by atoms with Crippen LogP contribution in [-0.4, -0.2) is 8.42 Å². The summed E-state index contributed by atoms with van der Waals surface area (Å²) >= 11 is 0. The van der Waals surface area contributed by atoms with Crippen LogP contribution in [0.2, 0.25) is 0 Å². The van der Waals surface area contributed by atoms with E-state index in [0.717, 1.165) is 11.1 Å². The number of hydrogen-bond acceptors (Lipinski definition) is 3. The van der Waals surface area contributed by atoms with Crippen LogP contribution < -0.4 is 10.5 Å². The first-order valence-electron chi connectivity index (χ1n) is 6.26. The number of anilines is 2. The van der Waals surface area contributed by atoms with Crippen LogP contribution in [0.4, 0.5) is 11.4 Å². The van der Waals surface area contributed by atoms with Crippen molar-refractivity contribution in [1.29, 1.82) is 0 Å². The molecule has 2 rings (SSSR count). The highest BCUT2D eigenvalue weighted by atomic mass is 32.2. The number of nitrogens with one attached hydrogen (secondary N) is 1. The van der Waals surface area contributed by atoms with Gasteiger partial charge >= 0.3 is 0 Å². The lowest BCUT2D eigenvalue weighted by molar-refractivity contribution is 0.600. The molecule has 0 atom stereocenters. The van der Waals surface area contributed by atoms with Crippen molar-refractivity contribution < 1.29 is 8.42 Å². The summed E-state index contributed by atoms with van der Waals surface area (Å²) < 4.78 is 27.5. The molecule has 0 aromatic heterocycles. The van der Waals surface area contributed by atoms with Crippen LogP contribution in [0.1, 0.15) is 16.7 Å². The Labute approximate surface area is 119 Å². The number of sulfonamides is 1. The van der Waals surface area contributed by atoms with Gasteiger partial charge in [-0.3, -0.25) is 4.72 Å². The fourth-order valence-electron chi connectivity index (χ4n) is 2.05. The number of benzene rings is 2. The molecule has 0 saturated heterocycles. The minimum Gasteiger partial charge on any atom is -0.398 e. The minimum atomic E-state index is -3.63. The summed E-state index contributed by atoms with van der Waals surface area (Å²) in [4.78, 5) is 0.206. The molecule has 0 heterocycles. The molecule has 0 amide bonds. The summed E-state index contributed by atoms with van der Waals surface area (Å²) in [6, 6.07) is 10.5. The van der Waals surface area contributed by atoms with E-state index in [2.05, 4.69) is 4.72 Å². The van der Waals surface area contributed by atoms with E-state index in [1.165, 1.54) is 0 Å². The predicted octanol–water partition coefficient (Wildman–Crippen LogP) is 2.99. The van der Waals surface area contributed by atoms with E-state index in [1.54, 1.807) is 31.2 Å². The zero-order valence-corrected chi connectivity index (χ0v) is 12.6. The molecule has 2 aromatic carbocycles. The van der Waals surface area contributed by atoms with E-state index >= 15 is 0 Å². The summed E-state index contributed by atoms with van der Waals surface area (Å²) in [5, 5.41) is 0. The largest absolute Gasteiger partial charge is 0.398 e. The average molecular weight is 290 g/mol. The van der Waals surface area contributed by atoms with Crippen molar-refractivity contribution in [3.8, 4) is 0 Å². The van der Waals surface area contributed by atoms with E-state index in [4.69, 9.17) is 5.73 Å². The minimum absolute atomic E-state index is 0.206. The molecule has 0 aliphatic carbocycles. The smallest absolute Gasteiger partial charge is 0.262 e. The van der Waals surface area contributed by atoms with Gasteiger partial charge in [-0.2, -0.15) is 0 Å². The summed E-state index contributed by atoms with van der Waals surface area (Å²) in [6.07, 6.45) is 0. The molecule has 4 nitrogen and oxygen atoms in total.